The molecule has 2 aromatic rings. The Morgan fingerprint density at radius 2 is 1.65 bits per heavy atom. The molecule has 2 aromatic carbocycles. The van der Waals surface area contributed by atoms with Crippen LogP contribution in [0.3, 0.4) is 0 Å². The van der Waals surface area contributed by atoms with Crippen LogP contribution in [-0.4, -0.2) is 16.8 Å². The van der Waals surface area contributed by atoms with Crippen LogP contribution in [0.25, 0.3) is 0 Å². The summed E-state index contributed by atoms with van der Waals surface area (Å²) < 4.78 is 12.9. The van der Waals surface area contributed by atoms with Crippen molar-refractivity contribution in [2.24, 2.45) is 11.8 Å². The average molecular weight is 587 g/mol. The van der Waals surface area contributed by atoms with Gasteiger partial charge in [-0.3, -0.25) is 0 Å². The van der Waals surface area contributed by atoms with Crippen molar-refractivity contribution >= 4 is 0 Å². The maximum atomic E-state index is 11.2. The second-order valence-corrected chi connectivity index (χ2v) is 14.3. The number of hydrogen-bond donors (Lipinski definition) is 2. The van der Waals surface area contributed by atoms with Crippen LogP contribution >= 0.6 is 0 Å². The molecular formula is C39H54O4. The quantitative estimate of drug-likeness (QED) is 0.227. The molecule has 0 saturated carbocycles. The predicted octanol–water partition coefficient (Wildman–Crippen LogP) is 10.8. The van der Waals surface area contributed by atoms with Gasteiger partial charge in [-0.05, 0) is 144 Å². The molecule has 2 N–H and O–H groups in total. The Morgan fingerprint density at radius 3 is 2.40 bits per heavy atom. The van der Waals surface area contributed by atoms with Crippen molar-refractivity contribution in [3.05, 3.63) is 69.0 Å². The monoisotopic (exact) mass is 586 g/mol. The fourth-order valence-corrected chi connectivity index (χ4v) is 8.27. The van der Waals surface area contributed by atoms with Gasteiger partial charge in [-0.1, -0.05) is 38.5 Å². The Balaban J connectivity index is 1.32. The number of phenols is 2. The van der Waals surface area contributed by atoms with Crippen molar-refractivity contribution in [3.63, 3.8) is 0 Å². The number of benzene rings is 2. The number of phenolic OH excluding ortho intramolecular Hbond substituents is 2. The highest BCUT2D eigenvalue weighted by atomic mass is 16.5. The molecule has 0 aromatic heterocycles. The van der Waals surface area contributed by atoms with E-state index in [1.54, 1.807) is 0 Å². The third kappa shape index (κ3) is 6.35. The molecular weight excluding hydrogens is 532 g/mol. The van der Waals surface area contributed by atoms with Crippen molar-refractivity contribution in [2.45, 2.75) is 130 Å². The van der Waals surface area contributed by atoms with Crippen molar-refractivity contribution in [1.29, 1.82) is 0 Å². The van der Waals surface area contributed by atoms with Gasteiger partial charge in [0.05, 0.1) is 12.4 Å². The highest BCUT2D eigenvalue weighted by molar-refractivity contribution is 5.59. The van der Waals surface area contributed by atoms with E-state index in [1.165, 1.54) is 35.1 Å². The van der Waals surface area contributed by atoms with Gasteiger partial charge < -0.3 is 19.7 Å². The van der Waals surface area contributed by atoms with Gasteiger partial charge in [0.2, 0.25) is 0 Å². The average Bonchev–Trinajstić information content (AvgIpc) is 2.94. The Labute approximate surface area is 260 Å². The summed E-state index contributed by atoms with van der Waals surface area (Å²) in [5, 5.41) is 22.0. The van der Waals surface area contributed by atoms with E-state index in [-0.39, 0.29) is 5.75 Å². The Kier molecular flexibility index (Phi) is 9.54. The zero-order valence-corrected chi connectivity index (χ0v) is 27.8. The van der Waals surface area contributed by atoms with E-state index in [4.69, 9.17) is 9.47 Å². The molecule has 0 radical (unpaired) electrons. The SMILES string of the molecule is CC(C)=CCCC(C)[C@@H]1CC[C@@H](C)c2c1cc(C)c(O)c2O/C(C)=C\CC[C@@H]1COc2c(C)cc(O)c3c2[C@H]1CC[C@H]3C. The van der Waals surface area contributed by atoms with Gasteiger partial charge in [-0.15, -0.1) is 0 Å². The second kappa shape index (κ2) is 13.0. The smallest absolute Gasteiger partial charge is 0.172 e. The first kappa shape index (κ1) is 31.5. The Hall–Kier alpha value is -2.88. The number of hydrogen-bond acceptors (Lipinski definition) is 4. The molecule has 4 heteroatoms. The molecule has 0 fully saturated rings. The van der Waals surface area contributed by atoms with E-state index in [9.17, 15) is 10.2 Å². The molecule has 1 heterocycles. The summed E-state index contributed by atoms with van der Waals surface area (Å²) in [7, 11) is 0. The first-order valence-corrected chi connectivity index (χ1v) is 16.8. The normalized spacial score (nSPS) is 25.3. The van der Waals surface area contributed by atoms with Crippen LogP contribution in [0.5, 0.6) is 23.0 Å². The van der Waals surface area contributed by atoms with Gasteiger partial charge in [0.1, 0.15) is 11.5 Å². The summed E-state index contributed by atoms with van der Waals surface area (Å²) in [4.78, 5) is 0. The van der Waals surface area contributed by atoms with Gasteiger partial charge in [0.25, 0.3) is 0 Å². The second-order valence-electron chi connectivity index (χ2n) is 14.3. The molecule has 5 rings (SSSR count). The standard InChI is InChI=1S/C39H54O4/c1-22(2)11-9-12-23(3)30-17-15-24(4)34-32(30)19-26(6)37(41)39(34)43-28(8)13-10-14-29-21-42-38-27(7)20-33(40)35-25(5)16-18-31(29)36(35)38/h11,13,19-20,23-25,29-31,40-41H,9-10,12,14-18,21H2,1-8H3/b28-13-/t23?,24-,25-,29-,30+,31+/m1/s1. The summed E-state index contributed by atoms with van der Waals surface area (Å²) in [6.45, 7) is 18.0. The minimum atomic E-state index is 0.285. The van der Waals surface area contributed by atoms with Crippen LogP contribution < -0.4 is 9.47 Å². The molecule has 0 bridgehead atoms. The molecule has 234 valence electrons. The van der Waals surface area contributed by atoms with Crippen LogP contribution in [0.1, 0.15) is 150 Å². The third-order valence-electron chi connectivity index (χ3n) is 10.7. The van der Waals surface area contributed by atoms with E-state index < -0.39 is 0 Å². The fourth-order valence-electron chi connectivity index (χ4n) is 8.27. The summed E-state index contributed by atoms with van der Waals surface area (Å²) in [6.07, 6.45) is 13.3. The van der Waals surface area contributed by atoms with Crippen LogP contribution in [0.4, 0.5) is 0 Å². The number of aromatic hydroxyl groups is 2. The molecule has 2 aliphatic carbocycles. The molecule has 1 unspecified atom stereocenters. The number of rotatable bonds is 9. The zero-order valence-electron chi connectivity index (χ0n) is 27.8. The van der Waals surface area contributed by atoms with Crippen molar-refractivity contribution in [1.82, 2.24) is 0 Å². The number of allylic oxidation sites excluding steroid dienone is 4. The van der Waals surface area contributed by atoms with E-state index in [0.717, 1.165) is 73.3 Å². The number of ether oxygens (including phenoxy) is 2. The number of fused-ring (bicyclic) bond motifs is 1. The van der Waals surface area contributed by atoms with Gasteiger partial charge in [-0.2, -0.15) is 0 Å². The van der Waals surface area contributed by atoms with Crippen molar-refractivity contribution in [3.8, 4) is 23.0 Å². The van der Waals surface area contributed by atoms with E-state index >= 15 is 0 Å². The molecule has 1 aliphatic heterocycles. The van der Waals surface area contributed by atoms with Crippen molar-refractivity contribution < 1.29 is 19.7 Å². The first-order valence-electron chi connectivity index (χ1n) is 16.8. The highest BCUT2D eigenvalue weighted by Gasteiger charge is 2.39. The third-order valence-corrected chi connectivity index (χ3v) is 10.7. The Morgan fingerprint density at radius 1 is 0.930 bits per heavy atom. The lowest BCUT2D eigenvalue weighted by Gasteiger charge is -2.40. The van der Waals surface area contributed by atoms with Gasteiger partial charge >= 0.3 is 0 Å². The molecule has 0 spiro atoms. The summed E-state index contributed by atoms with van der Waals surface area (Å²) in [5.41, 5.74) is 8.28. The lowest BCUT2D eigenvalue weighted by molar-refractivity contribution is 0.169. The predicted molar refractivity (Wildman–Crippen MR) is 177 cm³/mol. The maximum absolute atomic E-state index is 11.2. The topological polar surface area (TPSA) is 58.9 Å². The summed E-state index contributed by atoms with van der Waals surface area (Å²) in [6, 6.07) is 4.11. The van der Waals surface area contributed by atoms with Crippen molar-refractivity contribution in [2.75, 3.05) is 6.61 Å². The largest absolute Gasteiger partial charge is 0.508 e. The fraction of sp³-hybridized carbons (Fsp3) is 0.590. The highest BCUT2D eigenvalue weighted by Crippen LogP contribution is 2.54. The zero-order chi connectivity index (χ0) is 31.0. The van der Waals surface area contributed by atoms with E-state index in [2.05, 4.69) is 52.8 Å². The molecule has 0 saturated heterocycles. The first-order chi connectivity index (χ1) is 20.5. The van der Waals surface area contributed by atoms with E-state index in [0.29, 0.717) is 47.0 Å². The molecule has 0 amide bonds. The minimum absolute atomic E-state index is 0.285. The lowest BCUT2D eigenvalue weighted by Crippen LogP contribution is -2.30. The van der Waals surface area contributed by atoms with E-state index in [1.807, 2.05) is 26.8 Å². The van der Waals surface area contributed by atoms with Crippen LogP contribution in [0, 0.1) is 25.7 Å². The maximum Gasteiger partial charge on any atom is 0.172 e. The Bertz CT molecular complexity index is 1390. The van der Waals surface area contributed by atoms with Gasteiger partial charge in [0.15, 0.2) is 11.5 Å². The summed E-state index contributed by atoms with van der Waals surface area (Å²) >= 11 is 0. The minimum Gasteiger partial charge on any atom is -0.508 e. The lowest BCUT2D eigenvalue weighted by atomic mass is 9.69. The summed E-state index contributed by atoms with van der Waals surface area (Å²) in [5.74, 6) is 5.87. The number of aryl methyl sites for hydroxylation is 2. The van der Waals surface area contributed by atoms with Gasteiger partial charge in [0, 0.05) is 22.6 Å². The van der Waals surface area contributed by atoms with Gasteiger partial charge in [-0.25, -0.2) is 0 Å². The van der Waals surface area contributed by atoms with Crippen LogP contribution in [0.15, 0.2) is 35.6 Å². The van der Waals surface area contributed by atoms with Crippen LogP contribution in [0.2, 0.25) is 0 Å². The molecule has 4 nitrogen and oxygen atoms in total. The van der Waals surface area contributed by atoms with Crippen LogP contribution in [-0.2, 0) is 0 Å². The molecule has 6 atom stereocenters. The molecule has 3 aliphatic rings. The molecule has 43 heavy (non-hydrogen) atoms.